The number of thioether (sulfide) groups is 1. The SMILES string of the molecule is CSc1ncc(C#N)c(N(C(C)=O)c2ccccc2C(F)(F)F)n1. The minimum Gasteiger partial charge on any atom is -0.274 e. The maximum absolute atomic E-state index is 13.3. The fourth-order valence-electron chi connectivity index (χ4n) is 2.05. The number of aromatic nitrogens is 2. The highest BCUT2D eigenvalue weighted by Crippen LogP contribution is 2.39. The Hall–Kier alpha value is -2.60. The standard InChI is InChI=1S/C15H11F3N4OS/c1-9(23)22(12-6-4-3-5-11(12)15(16,17)18)13-10(7-19)8-20-14(21-13)24-2/h3-6,8H,1-2H3. The molecule has 0 fully saturated rings. The molecule has 0 radical (unpaired) electrons. The zero-order chi connectivity index (χ0) is 17.9. The Bertz CT molecular complexity index is 817. The smallest absolute Gasteiger partial charge is 0.274 e. The summed E-state index contributed by atoms with van der Waals surface area (Å²) in [6, 6.07) is 6.43. The number of carbonyl (C=O) groups is 1. The van der Waals surface area contributed by atoms with Gasteiger partial charge in [0, 0.05) is 6.92 Å². The zero-order valence-electron chi connectivity index (χ0n) is 12.6. The lowest BCUT2D eigenvalue weighted by atomic mass is 10.1. The Morgan fingerprint density at radius 2 is 2.00 bits per heavy atom. The number of anilines is 2. The van der Waals surface area contributed by atoms with Crippen molar-refractivity contribution in [3.8, 4) is 6.07 Å². The van der Waals surface area contributed by atoms with Crippen LogP contribution in [0.2, 0.25) is 0 Å². The van der Waals surface area contributed by atoms with Crippen LogP contribution in [0.4, 0.5) is 24.7 Å². The summed E-state index contributed by atoms with van der Waals surface area (Å²) in [6.07, 6.45) is -1.81. The quantitative estimate of drug-likeness (QED) is 0.621. The zero-order valence-corrected chi connectivity index (χ0v) is 13.4. The van der Waals surface area contributed by atoms with Gasteiger partial charge in [0.25, 0.3) is 0 Å². The van der Waals surface area contributed by atoms with Gasteiger partial charge in [-0.25, -0.2) is 9.97 Å². The van der Waals surface area contributed by atoms with Crippen molar-refractivity contribution in [3.05, 3.63) is 41.6 Å². The number of alkyl halides is 3. The second kappa shape index (κ2) is 6.88. The lowest BCUT2D eigenvalue weighted by Crippen LogP contribution is -2.27. The molecule has 5 nitrogen and oxygen atoms in total. The van der Waals surface area contributed by atoms with Gasteiger partial charge in [0.05, 0.1) is 17.4 Å². The predicted molar refractivity (Wildman–Crippen MR) is 82.8 cm³/mol. The van der Waals surface area contributed by atoms with Crippen LogP contribution in [-0.2, 0) is 11.0 Å². The molecule has 0 unspecified atom stereocenters. The van der Waals surface area contributed by atoms with Gasteiger partial charge in [0.2, 0.25) is 5.91 Å². The van der Waals surface area contributed by atoms with Crippen molar-refractivity contribution in [1.29, 1.82) is 5.26 Å². The van der Waals surface area contributed by atoms with Crippen molar-refractivity contribution < 1.29 is 18.0 Å². The van der Waals surface area contributed by atoms with E-state index in [4.69, 9.17) is 0 Å². The van der Waals surface area contributed by atoms with E-state index < -0.39 is 17.6 Å². The molecule has 0 bridgehead atoms. The lowest BCUT2D eigenvalue weighted by Gasteiger charge is -2.24. The molecule has 2 rings (SSSR count). The van der Waals surface area contributed by atoms with Crippen molar-refractivity contribution in [2.75, 3.05) is 11.2 Å². The van der Waals surface area contributed by atoms with Crippen molar-refractivity contribution in [3.63, 3.8) is 0 Å². The van der Waals surface area contributed by atoms with Gasteiger partial charge >= 0.3 is 6.18 Å². The Balaban J connectivity index is 2.75. The second-order valence-electron chi connectivity index (χ2n) is 4.58. The molecule has 0 saturated carbocycles. The molecular formula is C15H11F3N4OS. The van der Waals surface area contributed by atoms with E-state index in [1.807, 2.05) is 0 Å². The van der Waals surface area contributed by atoms with Crippen LogP contribution in [0.25, 0.3) is 0 Å². The van der Waals surface area contributed by atoms with Crippen LogP contribution in [0, 0.1) is 11.3 Å². The van der Waals surface area contributed by atoms with Crippen LogP contribution in [0.1, 0.15) is 18.1 Å². The van der Waals surface area contributed by atoms with E-state index in [-0.39, 0.29) is 22.2 Å². The van der Waals surface area contributed by atoms with Gasteiger partial charge in [-0.3, -0.25) is 9.69 Å². The highest BCUT2D eigenvalue weighted by Gasteiger charge is 2.36. The van der Waals surface area contributed by atoms with Gasteiger partial charge in [-0.2, -0.15) is 18.4 Å². The summed E-state index contributed by atoms with van der Waals surface area (Å²) in [5, 5.41) is 9.43. The number of hydrogen-bond donors (Lipinski definition) is 0. The third-order valence-electron chi connectivity index (χ3n) is 3.03. The van der Waals surface area contributed by atoms with Crippen LogP contribution in [0.15, 0.2) is 35.6 Å². The highest BCUT2D eigenvalue weighted by atomic mass is 32.2. The summed E-state index contributed by atoms with van der Waals surface area (Å²) in [5.41, 5.74) is -1.48. The molecule has 0 N–H and O–H groups in total. The molecule has 2 aromatic rings. The lowest BCUT2D eigenvalue weighted by molar-refractivity contribution is -0.137. The summed E-state index contributed by atoms with van der Waals surface area (Å²) < 4.78 is 39.8. The van der Waals surface area contributed by atoms with E-state index in [0.717, 1.165) is 35.7 Å². The molecule has 0 atom stereocenters. The average molecular weight is 352 g/mol. The molecule has 1 amide bonds. The van der Waals surface area contributed by atoms with Gasteiger partial charge in [0.1, 0.15) is 11.6 Å². The van der Waals surface area contributed by atoms with E-state index in [2.05, 4.69) is 9.97 Å². The number of carbonyl (C=O) groups excluding carboxylic acids is 1. The Labute approximate surface area is 140 Å². The average Bonchev–Trinajstić information content (AvgIpc) is 2.54. The molecule has 124 valence electrons. The Morgan fingerprint density at radius 1 is 1.33 bits per heavy atom. The monoisotopic (exact) mass is 352 g/mol. The fourth-order valence-corrected chi connectivity index (χ4v) is 2.38. The molecule has 0 aliphatic carbocycles. The molecule has 0 aliphatic heterocycles. The first-order chi connectivity index (χ1) is 11.3. The van der Waals surface area contributed by atoms with E-state index in [0.29, 0.717) is 0 Å². The van der Waals surface area contributed by atoms with Crippen molar-refractivity contribution in [2.45, 2.75) is 18.3 Å². The number of rotatable bonds is 3. The second-order valence-corrected chi connectivity index (χ2v) is 5.35. The molecular weight excluding hydrogens is 341 g/mol. The number of para-hydroxylation sites is 1. The van der Waals surface area contributed by atoms with Crippen LogP contribution in [0.5, 0.6) is 0 Å². The molecule has 1 aromatic heterocycles. The van der Waals surface area contributed by atoms with E-state index in [9.17, 15) is 23.2 Å². The maximum Gasteiger partial charge on any atom is 0.418 e. The number of hydrogen-bond acceptors (Lipinski definition) is 5. The molecule has 24 heavy (non-hydrogen) atoms. The first-order valence-electron chi connectivity index (χ1n) is 6.57. The number of nitriles is 1. The summed E-state index contributed by atoms with van der Waals surface area (Å²) in [7, 11) is 0. The van der Waals surface area contributed by atoms with Gasteiger partial charge in [-0.15, -0.1) is 0 Å². The van der Waals surface area contributed by atoms with Gasteiger partial charge < -0.3 is 0 Å². The van der Waals surface area contributed by atoms with Crippen molar-refractivity contribution >= 4 is 29.2 Å². The minimum atomic E-state index is -4.66. The van der Waals surface area contributed by atoms with E-state index in [1.54, 1.807) is 12.3 Å². The van der Waals surface area contributed by atoms with Crippen LogP contribution in [-0.4, -0.2) is 22.1 Å². The predicted octanol–water partition coefficient (Wildman–Crippen LogP) is 3.77. The third kappa shape index (κ3) is 3.49. The van der Waals surface area contributed by atoms with Crippen LogP contribution < -0.4 is 4.90 Å². The number of halogens is 3. The molecule has 9 heteroatoms. The van der Waals surface area contributed by atoms with Crippen LogP contribution in [0.3, 0.4) is 0 Å². The molecule has 1 heterocycles. The van der Waals surface area contributed by atoms with Crippen molar-refractivity contribution in [1.82, 2.24) is 9.97 Å². The first kappa shape index (κ1) is 17.7. The van der Waals surface area contributed by atoms with Gasteiger partial charge in [-0.1, -0.05) is 23.9 Å². The van der Waals surface area contributed by atoms with Gasteiger partial charge in [-0.05, 0) is 18.4 Å². The van der Waals surface area contributed by atoms with Crippen molar-refractivity contribution in [2.24, 2.45) is 0 Å². The summed E-state index contributed by atoms with van der Waals surface area (Å²) in [6.45, 7) is 1.11. The van der Waals surface area contributed by atoms with Crippen LogP contribution >= 0.6 is 11.8 Å². The molecule has 0 spiro atoms. The van der Waals surface area contributed by atoms with E-state index in [1.165, 1.54) is 18.3 Å². The topological polar surface area (TPSA) is 69.9 Å². The first-order valence-corrected chi connectivity index (χ1v) is 7.80. The molecule has 1 aromatic carbocycles. The number of benzene rings is 1. The third-order valence-corrected chi connectivity index (χ3v) is 3.59. The molecule has 0 aliphatic rings. The number of nitrogens with zero attached hydrogens (tertiary/aromatic N) is 4. The minimum absolute atomic E-state index is 0.0972. The summed E-state index contributed by atoms with van der Waals surface area (Å²) >= 11 is 1.14. The fraction of sp³-hybridized carbons (Fsp3) is 0.200. The summed E-state index contributed by atoms with van der Waals surface area (Å²) in [5.74, 6) is -0.880. The highest BCUT2D eigenvalue weighted by molar-refractivity contribution is 7.98. The Kier molecular flexibility index (Phi) is 5.09. The van der Waals surface area contributed by atoms with E-state index >= 15 is 0 Å². The Morgan fingerprint density at radius 3 is 2.54 bits per heavy atom. The van der Waals surface area contributed by atoms with Gasteiger partial charge in [0.15, 0.2) is 11.0 Å². The number of amides is 1. The largest absolute Gasteiger partial charge is 0.418 e. The maximum atomic E-state index is 13.3. The normalized spacial score (nSPS) is 11.0. The molecule has 0 saturated heterocycles. The summed E-state index contributed by atoms with van der Waals surface area (Å²) in [4.78, 5) is 20.8.